The van der Waals surface area contributed by atoms with Crippen LogP contribution in [0, 0.1) is 0 Å². The number of carbonyl (C=O) groups is 1. The minimum absolute atomic E-state index is 0.220. The van der Waals surface area contributed by atoms with Gasteiger partial charge in [-0.1, -0.05) is 0 Å². The number of esters is 1. The summed E-state index contributed by atoms with van der Waals surface area (Å²) in [6.45, 7) is 1.93. The number of anilines is 1. The second kappa shape index (κ2) is 4.51. The van der Waals surface area contributed by atoms with Crippen molar-refractivity contribution in [3.63, 3.8) is 0 Å². The Bertz CT molecular complexity index is 471. The molecule has 1 unspecified atom stereocenters. The molecule has 0 saturated carbocycles. The molecule has 1 atom stereocenters. The van der Waals surface area contributed by atoms with Gasteiger partial charge in [-0.2, -0.15) is 13.2 Å². The standard InChI is InChI=1S/C12H12F3NO2/c1-2-18-11(17)10-6-7-5-8(12(13,14)15)3-4-9(7)16-10/h3-5,10,16H,2,6H2,1H3. The molecule has 1 aromatic carbocycles. The third kappa shape index (κ3) is 2.42. The second-order valence-corrected chi connectivity index (χ2v) is 4.02. The quantitative estimate of drug-likeness (QED) is 0.830. The number of ether oxygens (including phenoxy) is 1. The first-order chi connectivity index (χ1) is 8.41. The molecule has 3 nitrogen and oxygen atoms in total. The van der Waals surface area contributed by atoms with Gasteiger partial charge < -0.3 is 10.1 Å². The fourth-order valence-electron chi connectivity index (χ4n) is 1.92. The highest BCUT2D eigenvalue weighted by molar-refractivity contribution is 5.83. The van der Waals surface area contributed by atoms with Crippen LogP contribution in [0.1, 0.15) is 18.1 Å². The van der Waals surface area contributed by atoms with Crippen molar-refractivity contribution in [3.05, 3.63) is 29.3 Å². The lowest BCUT2D eigenvalue weighted by molar-refractivity contribution is -0.143. The maximum atomic E-state index is 12.5. The Morgan fingerprint density at radius 2 is 2.22 bits per heavy atom. The second-order valence-electron chi connectivity index (χ2n) is 4.02. The summed E-state index contributed by atoms with van der Waals surface area (Å²) >= 11 is 0. The summed E-state index contributed by atoms with van der Waals surface area (Å²) in [5.41, 5.74) is 0.344. The molecule has 0 saturated heterocycles. The Balaban J connectivity index is 2.18. The number of nitrogens with one attached hydrogen (secondary N) is 1. The lowest BCUT2D eigenvalue weighted by atomic mass is 10.1. The van der Waals surface area contributed by atoms with E-state index in [1.54, 1.807) is 6.92 Å². The summed E-state index contributed by atoms with van der Waals surface area (Å²) in [5.74, 6) is -0.442. The molecule has 0 amide bonds. The molecular weight excluding hydrogens is 247 g/mol. The number of halogens is 3. The first-order valence-electron chi connectivity index (χ1n) is 5.55. The zero-order valence-corrected chi connectivity index (χ0v) is 9.67. The summed E-state index contributed by atoms with van der Waals surface area (Å²) in [5, 5.41) is 2.86. The van der Waals surface area contributed by atoms with Crippen molar-refractivity contribution in [3.8, 4) is 0 Å². The van der Waals surface area contributed by atoms with Gasteiger partial charge in [-0.05, 0) is 30.7 Å². The number of carbonyl (C=O) groups excluding carboxylic acids is 1. The number of hydrogen-bond donors (Lipinski definition) is 1. The van der Waals surface area contributed by atoms with Gasteiger partial charge in [-0.15, -0.1) is 0 Å². The van der Waals surface area contributed by atoms with E-state index in [9.17, 15) is 18.0 Å². The summed E-state index contributed by atoms with van der Waals surface area (Å²) in [6.07, 6.45) is -4.14. The predicted molar refractivity (Wildman–Crippen MR) is 59.2 cm³/mol. The molecule has 0 bridgehead atoms. The van der Waals surface area contributed by atoms with E-state index in [1.165, 1.54) is 6.07 Å². The molecule has 98 valence electrons. The Morgan fingerprint density at radius 3 is 2.83 bits per heavy atom. The van der Waals surface area contributed by atoms with Crippen LogP contribution in [-0.2, 0) is 22.1 Å². The van der Waals surface area contributed by atoms with Crippen molar-refractivity contribution in [2.24, 2.45) is 0 Å². The van der Waals surface area contributed by atoms with Gasteiger partial charge in [0.15, 0.2) is 0 Å². The van der Waals surface area contributed by atoms with Crippen molar-refractivity contribution >= 4 is 11.7 Å². The van der Waals surface area contributed by atoms with Gasteiger partial charge in [0.05, 0.1) is 12.2 Å². The number of alkyl halides is 3. The van der Waals surface area contributed by atoms with Crippen LogP contribution in [0.4, 0.5) is 18.9 Å². The van der Waals surface area contributed by atoms with E-state index < -0.39 is 23.8 Å². The average molecular weight is 259 g/mol. The van der Waals surface area contributed by atoms with E-state index in [1.807, 2.05) is 0 Å². The van der Waals surface area contributed by atoms with Crippen molar-refractivity contribution in [1.29, 1.82) is 0 Å². The summed E-state index contributed by atoms with van der Waals surface area (Å²) < 4.78 is 42.4. The minimum atomic E-state index is -4.36. The van der Waals surface area contributed by atoms with Crippen LogP contribution >= 0.6 is 0 Å². The molecular formula is C12H12F3NO2. The Labute approximate surface area is 102 Å². The monoisotopic (exact) mass is 259 g/mol. The molecule has 0 spiro atoms. The summed E-state index contributed by atoms with van der Waals surface area (Å²) in [6, 6.07) is 2.82. The van der Waals surface area contributed by atoms with Crippen LogP contribution in [0.15, 0.2) is 18.2 Å². The molecule has 1 aromatic rings. The van der Waals surface area contributed by atoms with E-state index in [0.717, 1.165) is 12.1 Å². The highest BCUT2D eigenvalue weighted by Crippen LogP contribution is 2.34. The van der Waals surface area contributed by atoms with Crippen molar-refractivity contribution in [1.82, 2.24) is 0 Å². The lowest BCUT2D eigenvalue weighted by Crippen LogP contribution is -2.28. The number of fused-ring (bicyclic) bond motifs is 1. The lowest BCUT2D eigenvalue weighted by Gasteiger charge is -2.09. The fraction of sp³-hybridized carbons (Fsp3) is 0.417. The molecule has 0 aromatic heterocycles. The van der Waals surface area contributed by atoms with Crippen LogP contribution in [0.2, 0.25) is 0 Å². The number of rotatable bonds is 2. The Hall–Kier alpha value is -1.72. The van der Waals surface area contributed by atoms with Gasteiger partial charge in [0.25, 0.3) is 0 Å². The van der Waals surface area contributed by atoms with E-state index in [0.29, 0.717) is 11.3 Å². The zero-order valence-electron chi connectivity index (χ0n) is 9.67. The van der Waals surface area contributed by atoms with Gasteiger partial charge in [0.2, 0.25) is 0 Å². The number of hydrogen-bond acceptors (Lipinski definition) is 3. The largest absolute Gasteiger partial charge is 0.464 e. The Kier molecular flexibility index (Phi) is 3.19. The molecule has 0 fully saturated rings. The molecule has 1 aliphatic heterocycles. The molecule has 1 aliphatic rings. The molecule has 0 aliphatic carbocycles. The van der Waals surface area contributed by atoms with E-state index in [4.69, 9.17) is 4.74 Å². The first-order valence-corrected chi connectivity index (χ1v) is 5.55. The van der Waals surface area contributed by atoms with Crippen LogP contribution in [0.5, 0.6) is 0 Å². The number of benzene rings is 1. The predicted octanol–water partition coefficient (Wildman–Crippen LogP) is 2.61. The minimum Gasteiger partial charge on any atom is -0.464 e. The third-order valence-corrected chi connectivity index (χ3v) is 2.76. The zero-order chi connectivity index (χ0) is 13.3. The van der Waals surface area contributed by atoms with Crippen molar-refractivity contribution in [2.75, 3.05) is 11.9 Å². The van der Waals surface area contributed by atoms with Gasteiger partial charge in [0, 0.05) is 12.1 Å². The van der Waals surface area contributed by atoms with Gasteiger partial charge in [-0.25, -0.2) is 4.79 Å². The van der Waals surface area contributed by atoms with Gasteiger partial charge >= 0.3 is 12.1 Å². The highest BCUT2D eigenvalue weighted by atomic mass is 19.4. The van der Waals surface area contributed by atoms with Crippen molar-refractivity contribution in [2.45, 2.75) is 25.6 Å². The first kappa shape index (κ1) is 12.7. The van der Waals surface area contributed by atoms with E-state index in [2.05, 4.69) is 5.32 Å². The van der Waals surface area contributed by atoms with Crippen molar-refractivity contribution < 1.29 is 22.7 Å². The Morgan fingerprint density at radius 1 is 1.50 bits per heavy atom. The van der Waals surface area contributed by atoms with Gasteiger partial charge in [0.1, 0.15) is 6.04 Å². The maximum absolute atomic E-state index is 12.5. The fourth-order valence-corrected chi connectivity index (χ4v) is 1.92. The highest BCUT2D eigenvalue weighted by Gasteiger charge is 2.34. The van der Waals surface area contributed by atoms with E-state index in [-0.39, 0.29) is 13.0 Å². The molecule has 2 rings (SSSR count). The summed E-state index contributed by atoms with van der Waals surface area (Å²) in [4.78, 5) is 11.5. The van der Waals surface area contributed by atoms with Crippen LogP contribution in [-0.4, -0.2) is 18.6 Å². The summed E-state index contributed by atoms with van der Waals surface area (Å²) in [7, 11) is 0. The molecule has 1 heterocycles. The topological polar surface area (TPSA) is 38.3 Å². The molecule has 18 heavy (non-hydrogen) atoms. The van der Waals surface area contributed by atoms with Crippen LogP contribution in [0.25, 0.3) is 0 Å². The SMILES string of the molecule is CCOC(=O)C1Cc2cc(C(F)(F)F)ccc2N1. The third-order valence-electron chi connectivity index (χ3n) is 2.76. The molecule has 6 heteroatoms. The van der Waals surface area contributed by atoms with Crippen LogP contribution in [0.3, 0.4) is 0 Å². The smallest absolute Gasteiger partial charge is 0.416 e. The molecule has 0 radical (unpaired) electrons. The maximum Gasteiger partial charge on any atom is 0.416 e. The molecule has 1 N–H and O–H groups in total. The van der Waals surface area contributed by atoms with Crippen LogP contribution < -0.4 is 5.32 Å². The van der Waals surface area contributed by atoms with E-state index >= 15 is 0 Å². The normalized spacial score (nSPS) is 18.1. The average Bonchev–Trinajstić information content (AvgIpc) is 2.70. The van der Waals surface area contributed by atoms with Gasteiger partial charge in [-0.3, -0.25) is 0 Å².